The molecule has 2 aromatic carbocycles. The summed E-state index contributed by atoms with van der Waals surface area (Å²) in [6, 6.07) is 3.28. The molecule has 4 heteroatoms. The second-order valence-corrected chi connectivity index (χ2v) is 8.17. The van der Waals surface area contributed by atoms with Gasteiger partial charge in [-0.1, -0.05) is 23.3 Å². The first-order chi connectivity index (χ1) is 13.6. The number of phenolic OH excluding ortho intramolecular Hbond substituents is 2. The lowest BCUT2D eigenvalue weighted by molar-refractivity contribution is 0.443. The molecule has 3 aromatic rings. The van der Waals surface area contributed by atoms with Gasteiger partial charge in [0.15, 0.2) is 0 Å². The maximum absolute atomic E-state index is 13.5. The third-order valence-corrected chi connectivity index (χ3v) is 5.39. The molecule has 2 N–H and O–H groups in total. The van der Waals surface area contributed by atoms with Gasteiger partial charge in [-0.15, -0.1) is 0 Å². The van der Waals surface area contributed by atoms with Crippen LogP contribution < -0.4 is 5.43 Å². The molecule has 0 saturated heterocycles. The highest BCUT2D eigenvalue weighted by Crippen LogP contribution is 2.37. The Labute approximate surface area is 170 Å². The molecule has 0 atom stereocenters. The summed E-state index contributed by atoms with van der Waals surface area (Å²) in [6.45, 7) is 11.9. The van der Waals surface area contributed by atoms with Crippen LogP contribution in [0.3, 0.4) is 0 Å². The van der Waals surface area contributed by atoms with Crippen LogP contribution in [0, 0.1) is 13.8 Å². The molecule has 0 aliphatic carbocycles. The predicted octanol–water partition coefficient (Wildman–Crippen LogP) is 5.99. The van der Waals surface area contributed by atoms with Crippen LogP contribution in [0.25, 0.3) is 21.9 Å². The van der Waals surface area contributed by atoms with E-state index in [-0.39, 0.29) is 27.9 Å². The second kappa shape index (κ2) is 7.78. The first-order valence-electron chi connectivity index (χ1n) is 9.82. The van der Waals surface area contributed by atoms with Crippen LogP contribution in [-0.2, 0) is 12.8 Å². The average molecular weight is 392 g/mol. The smallest absolute Gasteiger partial charge is 0.204 e. The third-order valence-electron chi connectivity index (χ3n) is 5.39. The van der Waals surface area contributed by atoms with Crippen LogP contribution in [0.15, 0.2) is 44.6 Å². The van der Waals surface area contributed by atoms with E-state index in [1.165, 1.54) is 11.6 Å². The van der Waals surface area contributed by atoms with E-state index < -0.39 is 0 Å². The first kappa shape index (κ1) is 20.7. The zero-order valence-electron chi connectivity index (χ0n) is 17.9. The lowest BCUT2D eigenvalue weighted by atomic mass is 9.94. The normalized spacial score (nSPS) is 11.1. The number of rotatable bonds is 4. The molecule has 29 heavy (non-hydrogen) atoms. The highest BCUT2D eigenvalue weighted by atomic mass is 16.3. The quantitative estimate of drug-likeness (QED) is 0.422. The Bertz CT molecular complexity index is 1230. The Morgan fingerprint density at radius 2 is 1.45 bits per heavy atom. The van der Waals surface area contributed by atoms with Gasteiger partial charge >= 0.3 is 0 Å². The van der Waals surface area contributed by atoms with Gasteiger partial charge < -0.3 is 14.6 Å². The fourth-order valence-electron chi connectivity index (χ4n) is 3.57. The summed E-state index contributed by atoms with van der Waals surface area (Å²) in [4.78, 5) is 13.5. The van der Waals surface area contributed by atoms with E-state index in [4.69, 9.17) is 4.42 Å². The van der Waals surface area contributed by atoms with Gasteiger partial charge in [0.1, 0.15) is 28.1 Å². The zero-order chi connectivity index (χ0) is 21.5. The van der Waals surface area contributed by atoms with Crippen molar-refractivity contribution in [2.75, 3.05) is 0 Å². The van der Waals surface area contributed by atoms with E-state index in [1.807, 2.05) is 53.7 Å². The number of phenols is 2. The fourth-order valence-corrected chi connectivity index (χ4v) is 3.57. The van der Waals surface area contributed by atoms with Crippen LogP contribution in [0.2, 0.25) is 0 Å². The zero-order valence-corrected chi connectivity index (χ0v) is 17.9. The number of benzene rings is 2. The molecule has 0 spiro atoms. The van der Waals surface area contributed by atoms with Crippen molar-refractivity contribution in [3.05, 3.63) is 67.9 Å². The molecule has 0 fully saturated rings. The first-order valence-corrected chi connectivity index (χ1v) is 9.82. The number of hydrogen-bond donors (Lipinski definition) is 2. The van der Waals surface area contributed by atoms with Gasteiger partial charge in [-0.25, -0.2) is 0 Å². The molecule has 3 rings (SSSR count). The number of allylic oxidation sites excluding steroid dienone is 4. The molecule has 1 aromatic heterocycles. The van der Waals surface area contributed by atoms with Crippen LogP contribution in [0.1, 0.15) is 49.9 Å². The number of hydrogen-bond acceptors (Lipinski definition) is 4. The number of aromatic hydroxyl groups is 2. The summed E-state index contributed by atoms with van der Waals surface area (Å²) in [5.41, 5.74) is 5.95. The van der Waals surface area contributed by atoms with Gasteiger partial charge in [-0.05, 0) is 77.1 Å². The standard InChI is InChI=1S/C25H28O4/c1-13(2)7-9-17-16(6)15(5)11-20-22(17)25(28)23-21(29-20)12-19(26)18(24(23)27)10-8-14(3)4/h7-8,11-12,26-27H,9-10H2,1-6H3. The van der Waals surface area contributed by atoms with Crippen molar-refractivity contribution in [2.24, 2.45) is 0 Å². The number of aryl methyl sites for hydroxylation is 1. The molecule has 0 bridgehead atoms. The van der Waals surface area contributed by atoms with Gasteiger partial charge in [-0.3, -0.25) is 4.79 Å². The summed E-state index contributed by atoms with van der Waals surface area (Å²) < 4.78 is 6.00. The molecule has 1 heterocycles. The van der Waals surface area contributed by atoms with Crippen molar-refractivity contribution in [1.29, 1.82) is 0 Å². The average Bonchev–Trinajstić information content (AvgIpc) is 2.61. The lowest BCUT2D eigenvalue weighted by Crippen LogP contribution is -2.08. The highest BCUT2D eigenvalue weighted by molar-refractivity contribution is 5.97. The molecule has 0 aliphatic rings. The van der Waals surface area contributed by atoms with Crippen LogP contribution in [-0.4, -0.2) is 10.2 Å². The summed E-state index contributed by atoms with van der Waals surface area (Å²) in [5.74, 6) is -0.289. The highest BCUT2D eigenvalue weighted by Gasteiger charge is 2.20. The summed E-state index contributed by atoms with van der Waals surface area (Å²) in [7, 11) is 0. The van der Waals surface area contributed by atoms with Gasteiger partial charge in [-0.2, -0.15) is 0 Å². The molecule has 0 unspecified atom stereocenters. The maximum Gasteiger partial charge on any atom is 0.204 e. The Balaban J connectivity index is 2.43. The predicted molar refractivity (Wildman–Crippen MR) is 119 cm³/mol. The van der Waals surface area contributed by atoms with Crippen molar-refractivity contribution in [1.82, 2.24) is 0 Å². The molecule has 152 valence electrons. The topological polar surface area (TPSA) is 70.7 Å². The van der Waals surface area contributed by atoms with Crippen molar-refractivity contribution in [2.45, 2.75) is 54.4 Å². The Kier molecular flexibility index (Phi) is 5.56. The van der Waals surface area contributed by atoms with E-state index in [0.717, 1.165) is 22.3 Å². The summed E-state index contributed by atoms with van der Waals surface area (Å²) in [5, 5.41) is 21.9. The minimum atomic E-state index is -0.266. The Hall–Kier alpha value is -3.01. The van der Waals surface area contributed by atoms with E-state index in [2.05, 4.69) is 6.08 Å². The second-order valence-electron chi connectivity index (χ2n) is 8.17. The summed E-state index contributed by atoms with van der Waals surface area (Å²) in [6.07, 6.45) is 4.94. The SMILES string of the molecule is CC(C)=CCc1c(O)cc2oc3cc(C)c(C)c(CC=C(C)C)c3c(=O)c2c1O. The van der Waals surface area contributed by atoms with E-state index in [9.17, 15) is 15.0 Å². The molecule has 4 nitrogen and oxygen atoms in total. The largest absolute Gasteiger partial charge is 0.507 e. The third kappa shape index (κ3) is 3.80. The van der Waals surface area contributed by atoms with E-state index >= 15 is 0 Å². The van der Waals surface area contributed by atoms with E-state index in [0.29, 0.717) is 29.4 Å². The molecular formula is C25H28O4. The van der Waals surface area contributed by atoms with Gasteiger partial charge in [0, 0.05) is 11.6 Å². The lowest BCUT2D eigenvalue weighted by Gasteiger charge is -2.14. The maximum atomic E-state index is 13.5. The Morgan fingerprint density at radius 1 is 0.897 bits per heavy atom. The van der Waals surface area contributed by atoms with Crippen LogP contribution in [0.4, 0.5) is 0 Å². The minimum absolute atomic E-state index is 0.0800. The molecule has 0 saturated carbocycles. The molecule has 0 aliphatic heterocycles. The van der Waals surface area contributed by atoms with Crippen LogP contribution in [0.5, 0.6) is 11.5 Å². The van der Waals surface area contributed by atoms with E-state index in [1.54, 1.807) is 0 Å². The molecular weight excluding hydrogens is 364 g/mol. The van der Waals surface area contributed by atoms with Crippen molar-refractivity contribution in [3.63, 3.8) is 0 Å². The van der Waals surface area contributed by atoms with Crippen molar-refractivity contribution < 1.29 is 14.6 Å². The summed E-state index contributed by atoms with van der Waals surface area (Å²) >= 11 is 0. The molecule has 0 radical (unpaired) electrons. The van der Waals surface area contributed by atoms with Gasteiger partial charge in [0.25, 0.3) is 0 Å². The van der Waals surface area contributed by atoms with Crippen molar-refractivity contribution >= 4 is 21.9 Å². The van der Waals surface area contributed by atoms with Crippen LogP contribution >= 0.6 is 0 Å². The molecule has 0 amide bonds. The van der Waals surface area contributed by atoms with Crippen molar-refractivity contribution in [3.8, 4) is 11.5 Å². The monoisotopic (exact) mass is 392 g/mol. The Morgan fingerprint density at radius 3 is 2.03 bits per heavy atom. The van der Waals surface area contributed by atoms with Gasteiger partial charge in [0.05, 0.1) is 5.39 Å². The minimum Gasteiger partial charge on any atom is -0.507 e. The fraction of sp³-hybridized carbons (Fsp3) is 0.320. The van der Waals surface area contributed by atoms with Gasteiger partial charge in [0.2, 0.25) is 5.43 Å². The number of fused-ring (bicyclic) bond motifs is 2.